The van der Waals surface area contributed by atoms with E-state index in [1.165, 1.54) is 25.1 Å². The van der Waals surface area contributed by atoms with E-state index >= 15 is 0 Å². The highest BCUT2D eigenvalue weighted by Gasteiger charge is 2.52. The van der Waals surface area contributed by atoms with Crippen molar-refractivity contribution in [3.8, 4) is 5.75 Å². The molecule has 1 amide bonds. The normalized spacial score (nSPS) is 20.4. The maximum absolute atomic E-state index is 13.2. The van der Waals surface area contributed by atoms with E-state index in [-0.39, 0.29) is 23.6 Å². The largest absolute Gasteiger partial charge is 0.492 e. The molecule has 33 heavy (non-hydrogen) atoms. The van der Waals surface area contributed by atoms with Crippen molar-refractivity contribution in [2.75, 3.05) is 18.5 Å². The molecule has 1 aromatic carbocycles. The van der Waals surface area contributed by atoms with Crippen molar-refractivity contribution >= 4 is 29.2 Å². The molecule has 0 aliphatic carbocycles. The van der Waals surface area contributed by atoms with E-state index in [2.05, 4.69) is 10.3 Å². The number of carbonyl (C=O) groups is 2. The van der Waals surface area contributed by atoms with Gasteiger partial charge in [0, 0.05) is 47.7 Å². The second-order valence-corrected chi connectivity index (χ2v) is 8.25. The average Bonchev–Trinajstić information content (AvgIpc) is 3.04. The lowest BCUT2D eigenvalue weighted by atomic mass is 10.1. The lowest BCUT2D eigenvalue weighted by Gasteiger charge is -2.37. The van der Waals surface area contributed by atoms with Crippen molar-refractivity contribution < 1.29 is 32.2 Å². The van der Waals surface area contributed by atoms with Crippen molar-refractivity contribution in [3.05, 3.63) is 53.3 Å². The van der Waals surface area contributed by atoms with Gasteiger partial charge in [-0.3, -0.25) is 14.7 Å². The number of nitrogens with zero attached hydrogens (tertiary/aromatic N) is 2. The molecule has 1 aliphatic heterocycles. The Morgan fingerprint density at radius 3 is 2.64 bits per heavy atom. The Labute approximate surface area is 193 Å². The van der Waals surface area contributed by atoms with Gasteiger partial charge in [-0.05, 0) is 50.6 Å². The van der Waals surface area contributed by atoms with E-state index in [1.807, 2.05) is 0 Å². The van der Waals surface area contributed by atoms with Crippen LogP contribution in [0.4, 0.5) is 18.9 Å². The Kier molecular flexibility index (Phi) is 7.36. The minimum absolute atomic E-state index is 0.0757. The van der Waals surface area contributed by atoms with Gasteiger partial charge in [-0.2, -0.15) is 13.2 Å². The number of anilines is 1. The average molecular weight is 486 g/mol. The zero-order valence-electron chi connectivity index (χ0n) is 18.0. The summed E-state index contributed by atoms with van der Waals surface area (Å²) in [7, 11) is 0. The Hall–Kier alpha value is -3.01. The molecule has 1 aliphatic rings. The molecule has 178 valence electrons. The van der Waals surface area contributed by atoms with Gasteiger partial charge in [0.15, 0.2) is 5.72 Å². The molecule has 1 N–H and O–H groups in total. The Bertz CT molecular complexity index is 1010. The predicted octanol–water partition coefficient (Wildman–Crippen LogP) is 4.67. The number of carbonyl (C=O) groups excluding carboxylic acids is 2. The molecule has 0 radical (unpaired) electrons. The van der Waals surface area contributed by atoms with Crippen LogP contribution in [-0.4, -0.2) is 52.9 Å². The third-order valence-corrected chi connectivity index (χ3v) is 5.46. The van der Waals surface area contributed by atoms with Crippen LogP contribution in [0.5, 0.6) is 5.75 Å². The molecule has 1 fully saturated rings. The minimum atomic E-state index is -5.16. The summed E-state index contributed by atoms with van der Waals surface area (Å²) in [5.41, 5.74) is -0.755. The first-order valence-corrected chi connectivity index (χ1v) is 10.6. The highest BCUT2D eigenvalue weighted by molar-refractivity contribution is 6.31. The highest BCUT2D eigenvalue weighted by atomic mass is 35.5. The summed E-state index contributed by atoms with van der Waals surface area (Å²) in [5.74, 6) is -2.63. The van der Waals surface area contributed by atoms with Crippen LogP contribution in [0.3, 0.4) is 0 Å². The first kappa shape index (κ1) is 24.6. The van der Waals surface area contributed by atoms with Crippen LogP contribution in [0.15, 0.2) is 42.7 Å². The number of aromatic nitrogens is 1. The quantitative estimate of drug-likeness (QED) is 0.453. The number of esters is 1. The van der Waals surface area contributed by atoms with Gasteiger partial charge in [-0.15, -0.1) is 0 Å². The third-order valence-electron chi connectivity index (χ3n) is 5.24. The molecule has 1 saturated heterocycles. The summed E-state index contributed by atoms with van der Waals surface area (Å²) < 4.78 is 48.7. The number of pyridine rings is 1. The van der Waals surface area contributed by atoms with Crippen molar-refractivity contribution in [2.24, 2.45) is 0 Å². The smallest absolute Gasteiger partial charge is 0.491 e. The van der Waals surface area contributed by atoms with Crippen molar-refractivity contribution in [3.63, 3.8) is 0 Å². The third kappa shape index (κ3) is 6.07. The second kappa shape index (κ2) is 9.86. The molecular formula is C22H23ClF3N3O4. The maximum Gasteiger partial charge on any atom is 0.491 e. The molecule has 3 rings (SSSR count). The van der Waals surface area contributed by atoms with Gasteiger partial charge in [0.25, 0.3) is 5.91 Å². The summed E-state index contributed by atoms with van der Waals surface area (Å²) in [5, 5.41) is 3.37. The summed E-state index contributed by atoms with van der Waals surface area (Å²) in [6.07, 6.45) is -1.41. The van der Waals surface area contributed by atoms with Gasteiger partial charge in [-0.1, -0.05) is 11.6 Å². The van der Waals surface area contributed by atoms with Gasteiger partial charge < -0.3 is 14.8 Å². The van der Waals surface area contributed by atoms with Crippen LogP contribution in [0, 0.1) is 0 Å². The number of ether oxygens (including phenoxy) is 2. The molecular weight excluding hydrogens is 463 g/mol. The van der Waals surface area contributed by atoms with Crippen LogP contribution in [-0.2, 0) is 9.53 Å². The van der Waals surface area contributed by atoms with E-state index in [1.54, 1.807) is 31.5 Å². The van der Waals surface area contributed by atoms with Crippen molar-refractivity contribution in [2.45, 2.75) is 44.6 Å². The van der Waals surface area contributed by atoms with Gasteiger partial charge >= 0.3 is 12.1 Å². The second-order valence-electron chi connectivity index (χ2n) is 7.81. The van der Waals surface area contributed by atoms with Crippen LogP contribution in [0.25, 0.3) is 0 Å². The molecule has 11 heteroatoms. The molecule has 0 spiro atoms. The number of benzene rings is 1. The Morgan fingerprint density at radius 1 is 1.27 bits per heavy atom. The highest BCUT2D eigenvalue weighted by Crippen LogP contribution is 2.38. The number of likely N-dealkylation sites (tertiary alicyclic amines) is 1. The summed E-state index contributed by atoms with van der Waals surface area (Å²) in [6.45, 7) is 3.70. The van der Waals surface area contributed by atoms with Gasteiger partial charge in [0.2, 0.25) is 0 Å². The molecule has 2 aromatic rings. The first-order chi connectivity index (χ1) is 15.5. The number of alkyl halides is 3. The van der Waals surface area contributed by atoms with E-state index < -0.39 is 29.8 Å². The van der Waals surface area contributed by atoms with Crippen LogP contribution in [0.1, 0.15) is 37.0 Å². The molecule has 2 heterocycles. The van der Waals surface area contributed by atoms with E-state index in [0.717, 1.165) is 10.6 Å². The fourth-order valence-electron chi connectivity index (χ4n) is 3.71. The number of amides is 1. The minimum Gasteiger partial charge on any atom is -0.492 e. The lowest BCUT2D eigenvalue weighted by molar-refractivity contribution is -0.222. The summed E-state index contributed by atoms with van der Waals surface area (Å²) in [4.78, 5) is 29.8. The number of hydrogen-bond acceptors (Lipinski definition) is 6. The van der Waals surface area contributed by atoms with E-state index in [4.69, 9.17) is 21.1 Å². The molecule has 7 nitrogen and oxygen atoms in total. The zero-order chi connectivity index (χ0) is 24.2. The summed E-state index contributed by atoms with van der Waals surface area (Å²) in [6, 6.07) is 7.53. The maximum atomic E-state index is 13.2. The molecule has 2 unspecified atom stereocenters. The monoisotopic (exact) mass is 485 g/mol. The molecule has 0 bridgehead atoms. The summed E-state index contributed by atoms with van der Waals surface area (Å²) >= 11 is 6.15. The SMILES string of the molecule is CC1CCC(C)(OC(=O)C(F)(F)F)N1C(=O)c1cc(Cl)cc(OCCNc2ccncc2)c1. The molecule has 0 saturated carbocycles. The fraction of sp³-hybridized carbons (Fsp3) is 0.409. The number of halogens is 4. The topological polar surface area (TPSA) is 80.8 Å². The number of hydrogen-bond donors (Lipinski definition) is 1. The zero-order valence-corrected chi connectivity index (χ0v) is 18.7. The molecule has 2 atom stereocenters. The fourth-order valence-corrected chi connectivity index (χ4v) is 3.93. The predicted molar refractivity (Wildman–Crippen MR) is 115 cm³/mol. The van der Waals surface area contributed by atoms with Gasteiger partial charge in [0.05, 0.1) is 0 Å². The van der Waals surface area contributed by atoms with Crippen molar-refractivity contribution in [1.82, 2.24) is 9.88 Å². The first-order valence-electron chi connectivity index (χ1n) is 10.2. The van der Waals surface area contributed by atoms with E-state index in [9.17, 15) is 22.8 Å². The Morgan fingerprint density at radius 2 is 1.97 bits per heavy atom. The van der Waals surface area contributed by atoms with Gasteiger partial charge in [-0.25, -0.2) is 4.79 Å². The van der Waals surface area contributed by atoms with Crippen molar-refractivity contribution in [1.29, 1.82) is 0 Å². The van der Waals surface area contributed by atoms with Crippen LogP contribution >= 0.6 is 11.6 Å². The number of nitrogens with one attached hydrogen (secondary N) is 1. The van der Waals surface area contributed by atoms with Gasteiger partial charge in [0.1, 0.15) is 12.4 Å². The lowest BCUT2D eigenvalue weighted by Crippen LogP contribution is -2.52. The van der Waals surface area contributed by atoms with Crippen LogP contribution in [0.2, 0.25) is 5.02 Å². The standard InChI is InChI=1S/C22H23ClF3N3O4/c1-14-3-6-21(2,33-20(31)22(24,25)26)29(14)19(30)15-11-16(23)13-18(12-15)32-10-9-28-17-4-7-27-8-5-17/h4-5,7-8,11-14H,3,6,9-10H2,1-2H3,(H,27,28). The number of rotatable bonds is 7. The van der Waals surface area contributed by atoms with E-state index in [0.29, 0.717) is 18.7 Å². The van der Waals surface area contributed by atoms with Crippen LogP contribution < -0.4 is 10.1 Å². The Balaban J connectivity index is 1.71. The molecule has 1 aromatic heterocycles.